The summed E-state index contributed by atoms with van der Waals surface area (Å²) in [5.74, 6) is -1.58. The first-order valence-electron chi connectivity index (χ1n) is 8.98. The second-order valence-electron chi connectivity index (χ2n) is 6.45. The van der Waals surface area contributed by atoms with E-state index >= 15 is 0 Å². The van der Waals surface area contributed by atoms with Gasteiger partial charge in [-0.2, -0.15) is 0 Å². The van der Waals surface area contributed by atoms with Crippen molar-refractivity contribution in [3.63, 3.8) is 0 Å². The van der Waals surface area contributed by atoms with Crippen molar-refractivity contribution in [3.05, 3.63) is 63.6 Å². The number of hydrogen-bond donors (Lipinski definition) is 1. The molecule has 0 saturated carbocycles. The van der Waals surface area contributed by atoms with E-state index in [9.17, 15) is 19.2 Å². The van der Waals surface area contributed by atoms with Crippen LogP contribution in [0.25, 0.3) is 0 Å². The number of esters is 1. The smallest absolute Gasteiger partial charge is 0.338 e. The van der Waals surface area contributed by atoms with E-state index < -0.39 is 17.4 Å². The lowest BCUT2D eigenvalue weighted by Crippen LogP contribution is -2.41. The maximum atomic E-state index is 12.7. The van der Waals surface area contributed by atoms with Crippen molar-refractivity contribution in [2.75, 3.05) is 38.7 Å². The Morgan fingerprint density at radius 2 is 1.76 bits per heavy atom. The average molecular weight is 399 g/mol. The topological polar surface area (TPSA) is 107 Å². The van der Waals surface area contributed by atoms with Crippen LogP contribution in [-0.2, 0) is 16.5 Å². The summed E-state index contributed by atoms with van der Waals surface area (Å²) < 4.78 is 11.2. The Morgan fingerprint density at radius 1 is 1.10 bits per heavy atom. The van der Waals surface area contributed by atoms with Crippen molar-refractivity contribution in [2.24, 2.45) is 7.05 Å². The zero-order valence-corrected chi connectivity index (χ0v) is 16.1. The summed E-state index contributed by atoms with van der Waals surface area (Å²) in [6, 6.07) is 7.45. The lowest BCUT2D eigenvalue weighted by atomic mass is 10.1. The molecule has 29 heavy (non-hydrogen) atoms. The summed E-state index contributed by atoms with van der Waals surface area (Å²) in [6.07, 6.45) is 1.43. The standard InChI is InChI=1S/C20H21N3O6/c1-22-12-13(18(25)23-7-9-29-10-8-23)11-16(19(22)26)21-17(24)14-5-3-4-6-15(14)20(27)28-2/h3-6,11-12H,7-10H2,1-2H3,(H,21,24). The van der Waals surface area contributed by atoms with Crippen molar-refractivity contribution in [3.8, 4) is 0 Å². The minimum Gasteiger partial charge on any atom is -0.465 e. The summed E-state index contributed by atoms with van der Waals surface area (Å²) in [4.78, 5) is 51.5. The fourth-order valence-corrected chi connectivity index (χ4v) is 3.03. The maximum absolute atomic E-state index is 12.7. The van der Waals surface area contributed by atoms with Gasteiger partial charge in [0.1, 0.15) is 5.69 Å². The van der Waals surface area contributed by atoms with Crippen LogP contribution in [0.2, 0.25) is 0 Å². The second-order valence-corrected chi connectivity index (χ2v) is 6.45. The molecule has 2 amide bonds. The molecule has 0 radical (unpaired) electrons. The molecule has 1 fully saturated rings. The molecule has 0 spiro atoms. The summed E-state index contributed by atoms with van der Waals surface area (Å²) in [5, 5.41) is 2.51. The van der Waals surface area contributed by atoms with Crippen LogP contribution in [-0.4, -0.2) is 60.7 Å². The molecule has 9 nitrogen and oxygen atoms in total. The van der Waals surface area contributed by atoms with Crippen LogP contribution in [0.4, 0.5) is 5.69 Å². The van der Waals surface area contributed by atoms with Crippen molar-refractivity contribution in [1.29, 1.82) is 0 Å². The van der Waals surface area contributed by atoms with E-state index in [0.29, 0.717) is 26.3 Å². The Bertz CT molecular complexity index is 1010. The van der Waals surface area contributed by atoms with Gasteiger partial charge in [0.05, 0.1) is 37.0 Å². The van der Waals surface area contributed by atoms with Crippen LogP contribution in [0, 0.1) is 0 Å². The number of amides is 2. The number of carbonyl (C=O) groups excluding carboxylic acids is 3. The van der Waals surface area contributed by atoms with E-state index in [1.54, 1.807) is 17.0 Å². The van der Waals surface area contributed by atoms with E-state index in [4.69, 9.17) is 9.47 Å². The van der Waals surface area contributed by atoms with Crippen LogP contribution in [0.15, 0.2) is 41.3 Å². The number of aromatic nitrogens is 1. The van der Waals surface area contributed by atoms with Gasteiger partial charge in [-0.3, -0.25) is 14.4 Å². The Hall–Kier alpha value is -3.46. The SMILES string of the molecule is COC(=O)c1ccccc1C(=O)Nc1cc(C(=O)N2CCOCC2)cn(C)c1=O. The number of ether oxygens (including phenoxy) is 2. The van der Waals surface area contributed by atoms with Gasteiger partial charge in [-0.15, -0.1) is 0 Å². The van der Waals surface area contributed by atoms with E-state index in [-0.39, 0.29) is 28.3 Å². The van der Waals surface area contributed by atoms with Gasteiger partial charge >= 0.3 is 5.97 Å². The fraction of sp³-hybridized carbons (Fsp3) is 0.300. The summed E-state index contributed by atoms with van der Waals surface area (Å²) in [5.41, 5.74) is -0.134. The van der Waals surface area contributed by atoms with Crippen molar-refractivity contribution in [2.45, 2.75) is 0 Å². The molecule has 1 N–H and O–H groups in total. The summed E-state index contributed by atoms with van der Waals surface area (Å²) >= 11 is 0. The monoisotopic (exact) mass is 399 g/mol. The number of nitrogens with one attached hydrogen (secondary N) is 1. The number of morpholine rings is 1. The van der Waals surface area contributed by atoms with Gasteiger partial charge in [-0.25, -0.2) is 4.79 Å². The minimum atomic E-state index is -0.667. The van der Waals surface area contributed by atoms with Crippen LogP contribution < -0.4 is 10.9 Å². The quantitative estimate of drug-likeness (QED) is 0.766. The molecule has 1 aromatic heterocycles. The van der Waals surface area contributed by atoms with Crippen LogP contribution in [0.1, 0.15) is 31.1 Å². The highest BCUT2D eigenvalue weighted by Crippen LogP contribution is 2.14. The molecule has 1 aromatic carbocycles. The number of pyridine rings is 1. The highest BCUT2D eigenvalue weighted by Gasteiger charge is 2.22. The number of methoxy groups -OCH3 is 1. The van der Waals surface area contributed by atoms with Gasteiger partial charge in [-0.1, -0.05) is 12.1 Å². The molecule has 1 aliphatic rings. The lowest BCUT2D eigenvalue weighted by Gasteiger charge is -2.27. The number of hydrogen-bond acceptors (Lipinski definition) is 6. The number of rotatable bonds is 4. The third-order valence-corrected chi connectivity index (χ3v) is 4.55. The van der Waals surface area contributed by atoms with E-state index in [0.717, 1.165) is 0 Å². The Morgan fingerprint density at radius 3 is 2.41 bits per heavy atom. The van der Waals surface area contributed by atoms with Gasteiger partial charge in [0, 0.05) is 26.3 Å². The molecule has 0 unspecified atom stereocenters. The predicted octanol–water partition coefficient (Wildman–Crippen LogP) is 0.897. The second kappa shape index (κ2) is 8.70. The largest absolute Gasteiger partial charge is 0.465 e. The molecule has 152 valence electrons. The molecule has 0 aliphatic carbocycles. The molecule has 9 heteroatoms. The number of nitrogens with zero attached hydrogens (tertiary/aromatic N) is 2. The van der Waals surface area contributed by atoms with Crippen LogP contribution in [0.5, 0.6) is 0 Å². The molecule has 2 aromatic rings. The molecule has 1 saturated heterocycles. The molecule has 0 atom stereocenters. The van der Waals surface area contributed by atoms with Crippen LogP contribution in [0.3, 0.4) is 0 Å². The first-order valence-corrected chi connectivity index (χ1v) is 8.98. The van der Waals surface area contributed by atoms with Crippen molar-refractivity contribution >= 4 is 23.5 Å². The van der Waals surface area contributed by atoms with Gasteiger partial charge in [0.2, 0.25) is 0 Å². The van der Waals surface area contributed by atoms with Gasteiger partial charge in [-0.05, 0) is 18.2 Å². The summed E-state index contributed by atoms with van der Waals surface area (Å²) in [7, 11) is 2.71. The third-order valence-electron chi connectivity index (χ3n) is 4.55. The predicted molar refractivity (Wildman–Crippen MR) is 104 cm³/mol. The highest BCUT2D eigenvalue weighted by molar-refractivity contribution is 6.11. The minimum absolute atomic E-state index is 0.0590. The molecular weight excluding hydrogens is 378 g/mol. The van der Waals surface area contributed by atoms with Crippen molar-refractivity contribution in [1.82, 2.24) is 9.47 Å². The highest BCUT2D eigenvalue weighted by atomic mass is 16.5. The normalized spacial score (nSPS) is 13.7. The summed E-state index contributed by atoms with van der Waals surface area (Å²) in [6.45, 7) is 1.81. The molecule has 3 rings (SSSR count). The number of anilines is 1. The van der Waals surface area contributed by atoms with Crippen LogP contribution >= 0.6 is 0 Å². The number of aryl methyl sites for hydroxylation is 1. The molecular formula is C20H21N3O6. The zero-order chi connectivity index (χ0) is 21.0. The number of benzene rings is 1. The van der Waals surface area contributed by atoms with Gasteiger partial charge in [0.15, 0.2) is 0 Å². The lowest BCUT2D eigenvalue weighted by molar-refractivity contribution is 0.0302. The maximum Gasteiger partial charge on any atom is 0.338 e. The van der Waals surface area contributed by atoms with Gasteiger partial charge < -0.3 is 24.3 Å². The first kappa shape index (κ1) is 20.3. The molecule has 0 bridgehead atoms. The molecule has 2 heterocycles. The third kappa shape index (κ3) is 4.35. The van der Waals surface area contributed by atoms with E-state index in [1.807, 2.05) is 0 Å². The first-order chi connectivity index (χ1) is 13.9. The number of carbonyl (C=O) groups is 3. The zero-order valence-electron chi connectivity index (χ0n) is 16.1. The Kier molecular flexibility index (Phi) is 6.08. The average Bonchev–Trinajstić information content (AvgIpc) is 2.76. The van der Waals surface area contributed by atoms with Crippen molar-refractivity contribution < 1.29 is 23.9 Å². The Balaban J connectivity index is 1.90. The van der Waals surface area contributed by atoms with Gasteiger partial charge in [0.25, 0.3) is 17.4 Å². The molecule has 1 aliphatic heterocycles. The van der Waals surface area contributed by atoms with E-state index in [1.165, 1.54) is 43.1 Å². The fourth-order valence-electron chi connectivity index (χ4n) is 3.03. The Labute approximate surface area is 166 Å². The van der Waals surface area contributed by atoms with E-state index in [2.05, 4.69) is 5.32 Å².